The average molecular weight is 292 g/mol. The second kappa shape index (κ2) is 6.06. The molecule has 3 nitrogen and oxygen atoms in total. The predicted octanol–water partition coefficient (Wildman–Crippen LogP) is 4.15. The molecule has 3 aromatic rings. The Bertz CT molecular complexity index is 817. The van der Waals surface area contributed by atoms with E-state index in [9.17, 15) is 4.79 Å². The molecule has 0 fully saturated rings. The van der Waals surface area contributed by atoms with Gasteiger partial charge in [-0.25, -0.2) is 0 Å². The number of carbonyl (C=O) groups is 1. The Morgan fingerprint density at radius 1 is 1.09 bits per heavy atom. The first kappa shape index (κ1) is 14.4. The normalized spacial score (nSPS) is 10.8. The van der Waals surface area contributed by atoms with Gasteiger partial charge in [0, 0.05) is 16.9 Å². The maximum absolute atomic E-state index is 12.3. The number of carbonyl (C=O) groups excluding carboxylic acids is 1. The summed E-state index contributed by atoms with van der Waals surface area (Å²) in [7, 11) is 0. The minimum Gasteiger partial charge on any atom is -0.335 e. The summed E-state index contributed by atoms with van der Waals surface area (Å²) < 4.78 is 2.05. The Hall–Kier alpha value is -2.55. The molecule has 0 bridgehead atoms. The van der Waals surface area contributed by atoms with Gasteiger partial charge >= 0.3 is 0 Å². The lowest BCUT2D eigenvalue weighted by atomic mass is 10.1. The van der Waals surface area contributed by atoms with E-state index in [2.05, 4.69) is 30.4 Å². The fourth-order valence-electron chi connectivity index (χ4n) is 2.77. The second-order valence-corrected chi connectivity index (χ2v) is 5.53. The third kappa shape index (κ3) is 2.89. The van der Waals surface area contributed by atoms with Gasteiger partial charge in [0.2, 0.25) is 5.91 Å². The van der Waals surface area contributed by atoms with E-state index < -0.39 is 0 Å². The number of aryl methyl sites for hydroxylation is 2. The van der Waals surface area contributed by atoms with Crippen molar-refractivity contribution in [3.63, 3.8) is 0 Å². The lowest BCUT2D eigenvalue weighted by molar-refractivity contribution is -0.116. The molecule has 0 aliphatic carbocycles. The number of anilines is 1. The SMILES string of the molecule is CCc1cccc(NC(=O)Cn2c(C)cc3ccccc32)c1. The van der Waals surface area contributed by atoms with Gasteiger partial charge in [0.05, 0.1) is 0 Å². The number of fused-ring (bicyclic) bond motifs is 1. The molecule has 0 unspecified atom stereocenters. The van der Waals surface area contributed by atoms with Crippen molar-refractivity contribution in [2.24, 2.45) is 0 Å². The van der Waals surface area contributed by atoms with E-state index in [-0.39, 0.29) is 5.91 Å². The van der Waals surface area contributed by atoms with Crippen molar-refractivity contribution in [3.8, 4) is 0 Å². The molecule has 112 valence electrons. The van der Waals surface area contributed by atoms with Crippen molar-refractivity contribution in [1.29, 1.82) is 0 Å². The van der Waals surface area contributed by atoms with Crippen LogP contribution in [-0.2, 0) is 17.8 Å². The van der Waals surface area contributed by atoms with E-state index >= 15 is 0 Å². The molecule has 2 aromatic carbocycles. The highest BCUT2D eigenvalue weighted by molar-refractivity contribution is 5.92. The highest BCUT2D eigenvalue weighted by atomic mass is 16.1. The number of hydrogen-bond acceptors (Lipinski definition) is 1. The van der Waals surface area contributed by atoms with E-state index in [0.29, 0.717) is 6.54 Å². The summed E-state index contributed by atoms with van der Waals surface area (Å²) in [5, 5.41) is 4.15. The van der Waals surface area contributed by atoms with Gasteiger partial charge in [0.25, 0.3) is 0 Å². The molecule has 0 aliphatic rings. The quantitative estimate of drug-likeness (QED) is 0.770. The van der Waals surface area contributed by atoms with E-state index in [1.807, 2.05) is 47.9 Å². The zero-order valence-electron chi connectivity index (χ0n) is 13.0. The van der Waals surface area contributed by atoms with Crippen molar-refractivity contribution in [2.45, 2.75) is 26.8 Å². The number of nitrogens with zero attached hydrogens (tertiary/aromatic N) is 1. The number of amides is 1. The Labute approximate surface area is 130 Å². The lowest BCUT2D eigenvalue weighted by Gasteiger charge is -2.10. The number of benzene rings is 2. The van der Waals surface area contributed by atoms with E-state index in [0.717, 1.165) is 23.3 Å². The molecule has 0 radical (unpaired) electrons. The molecule has 1 heterocycles. The highest BCUT2D eigenvalue weighted by Gasteiger charge is 2.09. The standard InChI is InChI=1S/C19H20N2O/c1-3-15-7-6-9-17(12-15)20-19(22)13-21-14(2)11-16-8-4-5-10-18(16)21/h4-12H,3,13H2,1-2H3,(H,20,22). The van der Waals surface area contributed by atoms with Crippen LogP contribution in [0.4, 0.5) is 5.69 Å². The number of aromatic nitrogens is 1. The van der Waals surface area contributed by atoms with Gasteiger partial charge in [-0.1, -0.05) is 37.3 Å². The van der Waals surface area contributed by atoms with Gasteiger partial charge in [0.15, 0.2) is 0 Å². The zero-order valence-corrected chi connectivity index (χ0v) is 13.0. The van der Waals surface area contributed by atoms with Crippen LogP contribution in [0.15, 0.2) is 54.6 Å². The van der Waals surface area contributed by atoms with Crippen molar-refractivity contribution >= 4 is 22.5 Å². The van der Waals surface area contributed by atoms with Crippen LogP contribution >= 0.6 is 0 Å². The van der Waals surface area contributed by atoms with Crippen molar-refractivity contribution < 1.29 is 4.79 Å². The first-order chi connectivity index (χ1) is 10.7. The maximum atomic E-state index is 12.3. The molecule has 22 heavy (non-hydrogen) atoms. The molecule has 1 N–H and O–H groups in total. The number of rotatable bonds is 4. The topological polar surface area (TPSA) is 34.0 Å². The monoisotopic (exact) mass is 292 g/mol. The minimum atomic E-state index is -0.00212. The summed E-state index contributed by atoms with van der Waals surface area (Å²) in [6.07, 6.45) is 0.963. The first-order valence-electron chi connectivity index (χ1n) is 7.61. The van der Waals surface area contributed by atoms with Crippen LogP contribution in [-0.4, -0.2) is 10.5 Å². The molecule has 0 spiro atoms. The number of nitrogens with one attached hydrogen (secondary N) is 1. The molecule has 0 saturated carbocycles. The summed E-state index contributed by atoms with van der Waals surface area (Å²) in [6, 6.07) is 18.2. The van der Waals surface area contributed by atoms with Gasteiger partial charge in [-0.15, -0.1) is 0 Å². The Balaban J connectivity index is 1.79. The van der Waals surface area contributed by atoms with Gasteiger partial charge < -0.3 is 9.88 Å². The van der Waals surface area contributed by atoms with E-state index in [4.69, 9.17) is 0 Å². The third-order valence-corrected chi connectivity index (χ3v) is 3.94. The predicted molar refractivity (Wildman–Crippen MR) is 91.1 cm³/mol. The van der Waals surface area contributed by atoms with Crippen LogP contribution < -0.4 is 5.32 Å². The Kier molecular flexibility index (Phi) is 3.96. The molecule has 1 amide bonds. The molecule has 0 saturated heterocycles. The lowest BCUT2D eigenvalue weighted by Crippen LogP contribution is -2.19. The molecule has 3 rings (SSSR count). The first-order valence-corrected chi connectivity index (χ1v) is 7.61. The summed E-state index contributed by atoms with van der Waals surface area (Å²) in [5.41, 5.74) is 4.27. The van der Waals surface area contributed by atoms with Crippen LogP contribution in [0.5, 0.6) is 0 Å². The summed E-state index contributed by atoms with van der Waals surface area (Å²) in [6.45, 7) is 4.47. The van der Waals surface area contributed by atoms with Gasteiger partial charge in [0.1, 0.15) is 6.54 Å². The molecule has 1 aromatic heterocycles. The van der Waals surface area contributed by atoms with Gasteiger partial charge in [-0.05, 0) is 48.6 Å². The van der Waals surface area contributed by atoms with Gasteiger partial charge in [-0.3, -0.25) is 4.79 Å². The van der Waals surface area contributed by atoms with E-state index in [1.54, 1.807) is 0 Å². The van der Waals surface area contributed by atoms with Crippen molar-refractivity contribution in [2.75, 3.05) is 5.32 Å². The highest BCUT2D eigenvalue weighted by Crippen LogP contribution is 2.19. The average Bonchev–Trinajstić information content (AvgIpc) is 2.83. The number of hydrogen-bond donors (Lipinski definition) is 1. The Morgan fingerprint density at radius 2 is 1.91 bits per heavy atom. The molecule has 0 atom stereocenters. The minimum absolute atomic E-state index is 0.00212. The number of para-hydroxylation sites is 1. The summed E-state index contributed by atoms with van der Waals surface area (Å²) in [5.74, 6) is -0.00212. The fraction of sp³-hybridized carbons (Fsp3) is 0.211. The third-order valence-electron chi connectivity index (χ3n) is 3.94. The van der Waals surface area contributed by atoms with Crippen LogP contribution in [0, 0.1) is 6.92 Å². The van der Waals surface area contributed by atoms with Crippen LogP contribution in [0.2, 0.25) is 0 Å². The van der Waals surface area contributed by atoms with Crippen LogP contribution in [0.3, 0.4) is 0 Å². The van der Waals surface area contributed by atoms with Gasteiger partial charge in [-0.2, -0.15) is 0 Å². The second-order valence-electron chi connectivity index (χ2n) is 5.53. The molecule has 0 aliphatic heterocycles. The summed E-state index contributed by atoms with van der Waals surface area (Å²) in [4.78, 5) is 12.3. The van der Waals surface area contributed by atoms with Crippen LogP contribution in [0.1, 0.15) is 18.2 Å². The fourth-order valence-corrected chi connectivity index (χ4v) is 2.77. The van der Waals surface area contributed by atoms with Crippen molar-refractivity contribution in [3.05, 3.63) is 65.9 Å². The zero-order chi connectivity index (χ0) is 15.5. The molecular weight excluding hydrogens is 272 g/mol. The molecular formula is C19H20N2O. The maximum Gasteiger partial charge on any atom is 0.244 e. The smallest absolute Gasteiger partial charge is 0.244 e. The van der Waals surface area contributed by atoms with Crippen molar-refractivity contribution in [1.82, 2.24) is 4.57 Å². The largest absolute Gasteiger partial charge is 0.335 e. The van der Waals surface area contributed by atoms with E-state index in [1.165, 1.54) is 10.9 Å². The molecule has 3 heteroatoms. The summed E-state index contributed by atoms with van der Waals surface area (Å²) >= 11 is 0. The Morgan fingerprint density at radius 3 is 2.73 bits per heavy atom. The van der Waals surface area contributed by atoms with Crippen LogP contribution in [0.25, 0.3) is 10.9 Å².